The number of allylic oxidation sites excluding steroid dienone is 2. The van der Waals surface area contributed by atoms with Crippen LogP contribution in [0.25, 0.3) is 16.9 Å². The van der Waals surface area contributed by atoms with Gasteiger partial charge in [0.25, 0.3) is 0 Å². The summed E-state index contributed by atoms with van der Waals surface area (Å²) in [5.74, 6) is -0.514. The van der Waals surface area contributed by atoms with Crippen molar-refractivity contribution in [2.24, 2.45) is 5.92 Å². The Labute approximate surface area is 229 Å². The summed E-state index contributed by atoms with van der Waals surface area (Å²) in [6.07, 6.45) is 2.83. The first-order chi connectivity index (χ1) is 18.7. The molecule has 39 heavy (non-hydrogen) atoms. The van der Waals surface area contributed by atoms with Crippen LogP contribution in [0.1, 0.15) is 45.6 Å². The fourth-order valence-electron chi connectivity index (χ4n) is 4.72. The second-order valence-corrected chi connectivity index (χ2v) is 9.89. The standard InChI is InChI=1S/C31H35N3O5/c1-19(2)16-17-39-24-14-12-22(13-15-24)29-25(18-34(33-29)23-10-8-7-9-11-23)28-26(30(35)37-5)20(3)32-21(4)27(28)31(36)38-6/h7-15,18-19,28,32H,16-17H2,1-6H3. The lowest BCUT2D eigenvalue weighted by Crippen LogP contribution is -2.32. The highest BCUT2D eigenvalue weighted by atomic mass is 16.5. The molecule has 1 N–H and O–H groups in total. The Kier molecular flexibility index (Phi) is 8.54. The van der Waals surface area contributed by atoms with Gasteiger partial charge in [-0.2, -0.15) is 5.10 Å². The first-order valence-corrected chi connectivity index (χ1v) is 13.0. The van der Waals surface area contributed by atoms with E-state index in [0.29, 0.717) is 46.3 Å². The van der Waals surface area contributed by atoms with Gasteiger partial charge in [-0.3, -0.25) is 0 Å². The van der Waals surface area contributed by atoms with Crippen LogP contribution >= 0.6 is 0 Å². The van der Waals surface area contributed by atoms with Crippen molar-refractivity contribution in [1.82, 2.24) is 15.1 Å². The third kappa shape index (κ3) is 5.90. The van der Waals surface area contributed by atoms with Gasteiger partial charge in [0.15, 0.2) is 0 Å². The van der Waals surface area contributed by atoms with Crippen LogP contribution in [0.5, 0.6) is 5.75 Å². The number of hydrogen-bond donors (Lipinski definition) is 1. The van der Waals surface area contributed by atoms with Gasteiger partial charge in [0.2, 0.25) is 0 Å². The summed E-state index contributed by atoms with van der Waals surface area (Å²) in [6.45, 7) is 8.55. The molecule has 0 bridgehead atoms. The van der Waals surface area contributed by atoms with Crippen LogP contribution in [0.4, 0.5) is 0 Å². The Morgan fingerprint density at radius 1 is 0.923 bits per heavy atom. The van der Waals surface area contributed by atoms with Gasteiger partial charge < -0.3 is 19.5 Å². The van der Waals surface area contributed by atoms with Crippen LogP contribution in [0.15, 0.2) is 83.3 Å². The minimum absolute atomic E-state index is 0.325. The maximum atomic E-state index is 13.1. The van der Waals surface area contributed by atoms with Crippen molar-refractivity contribution >= 4 is 11.9 Å². The van der Waals surface area contributed by atoms with Gasteiger partial charge in [-0.1, -0.05) is 32.0 Å². The number of carbonyl (C=O) groups is 2. The Morgan fingerprint density at radius 3 is 2.05 bits per heavy atom. The monoisotopic (exact) mass is 529 g/mol. The SMILES string of the molecule is COC(=O)C1=C(C)NC(C)=C(C(=O)OC)C1c1cn(-c2ccccc2)nc1-c1ccc(OCCC(C)C)cc1. The van der Waals surface area contributed by atoms with Gasteiger partial charge in [0, 0.05) is 28.7 Å². The Bertz CT molecular complexity index is 1360. The molecule has 1 aliphatic heterocycles. The zero-order chi connectivity index (χ0) is 28.1. The molecule has 0 unspecified atom stereocenters. The molecule has 1 aliphatic rings. The minimum Gasteiger partial charge on any atom is -0.494 e. The number of carbonyl (C=O) groups excluding carboxylic acids is 2. The zero-order valence-corrected chi connectivity index (χ0v) is 23.3. The summed E-state index contributed by atoms with van der Waals surface area (Å²) in [4.78, 5) is 26.2. The Morgan fingerprint density at radius 2 is 1.51 bits per heavy atom. The van der Waals surface area contributed by atoms with E-state index >= 15 is 0 Å². The molecule has 0 saturated carbocycles. The summed E-state index contributed by atoms with van der Waals surface area (Å²) < 4.78 is 18.0. The smallest absolute Gasteiger partial charge is 0.336 e. The van der Waals surface area contributed by atoms with E-state index in [1.54, 1.807) is 18.5 Å². The fourth-order valence-corrected chi connectivity index (χ4v) is 4.72. The topological polar surface area (TPSA) is 91.7 Å². The van der Waals surface area contributed by atoms with E-state index in [0.717, 1.165) is 23.4 Å². The highest BCUT2D eigenvalue weighted by Gasteiger charge is 2.40. The normalized spacial score (nSPS) is 13.9. The quantitative estimate of drug-likeness (QED) is 0.364. The molecule has 0 saturated heterocycles. The van der Waals surface area contributed by atoms with Crippen LogP contribution in [0.2, 0.25) is 0 Å². The van der Waals surface area contributed by atoms with Crippen molar-refractivity contribution in [3.8, 4) is 22.7 Å². The molecule has 0 spiro atoms. The Balaban J connectivity index is 1.89. The van der Waals surface area contributed by atoms with Crippen molar-refractivity contribution in [2.45, 2.75) is 40.0 Å². The molecule has 204 valence electrons. The van der Waals surface area contributed by atoms with Crippen LogP contribution in [-0.4, -0.2) is 42.5 Å². The zero-order valence-electron chi connectivity index (χ0n) is 23.3. The van der Waals surface area contributed by atoms with Crippen LogP contribution in [0.3, 0.4) is 0 Å². The molecule has 2 heterocycles. The van der Waals surface area contributed by atoms with E-state index in [4.69, 9.17) is 19.3 Å². The number of nitrogens with one attached hydrogen (secondary N) is 1. The number of aromatic nitrogens is 2. The molecule has 0 atom stereocenters. The number of esters is 2. The van der Waals surface area contributed by atoms with E-state index < -0.39 is 17.9 Å². The maximum absolute atomic E-state index is 13.1. The lowest BCUT2D eigenvalue weighted by molar-refractivity contribution is -0.137. The van der Waals surface area contributed by atoms with E-state index in [2.05, 4.69) is 19.2 Å². The van der Waals surface area contributed by atoms with Crippen LogP contribution < -0.4 is 10.1 Å². The largest absolute Gasteiger partial charge is 0.494 e. The van der Waals surface area contributed by atoms with Gasteiger partial charge in [-0.05, 0) is 62.6 Å². The van der Waals surface area contributed by atoms with Gasteiger partial charge in [-0.15, -0.1) is 0 Å². The van der Waals surface area contributed by atoms with E-state index in [9.17, 15) is 9.59 Å². The number of dihydropyridines is 1. The average molecular weight is 530 g/mol. The molecule has 0 amide bonds. The van der Waals surface area contributed by atoms with Gasteiger partial charge in [0.05, 0.1) is 49.3 Å². The summed E-state index contributed by atoms with van der Waals surface area (Å²) in [5, 5.41) is 8.09. The van der Waals surface area contributed by atoms with Crippen molar-refractivity contribution in [2.75, 3.05) is 20.8 Å². The molecule has 0 aliphatic carbocycles. The summed E-state index contributed by atoms with van der Waals surface area (Å²) in [7, 11) is 2.66. The van der Waals surface area contributed by atoms with Gasteiger partial charge >= 0.3 is 11.9 Å². The average Bonchev–Trinajstić information content (AvgIpc) is 3.38. The van der Waals surface area contributed by atoms with E-state index in [1.807, 2.05) is 60.8 Å². The molecule has 1 aromatic heterocycles. The highest BCUT2D eigenvalue weighted by Crippen LogP contribution is 2.43. The third-order valence-corrected chi connectivity index (χ3v) is 6.74. The van der Waals surface area contributed by atoms with Crippen molar-refractivity contribution in [1.29, 1.82) is 0 Å². The number of rotatable bonds is 9. The molecule has 0 radical (unpaired) electrons. The van der Waals surface area contributed by atoms with Gasteiger partial charge in [-0.25, -0.2) is 14.3 Å². The van der Waals surface area contributed by atoms with Crippen molar-refractivity contribution < 1.29 is 23.8 Å². The summed E-state index contributed by atoms with van der Waals surface area (Å²) in [5.41, 5.74) is 4.81. The number of benzene rings is 2. The number of nitrogens with zero attached hydrogens (tertiary/aromatic N) is 2. The van der Waals surface area contributed by atoms with E-state index in [1.165, 1.54) is 14.2 Å². The number of methoxy groups -OCH3 is 2. The molecule has 8 nitrogen and oxygen atoms in total. The van der Waals surface area contributed by atoms with E-state index in [-0.39, 0.29) is 0 Å². The third-order valence-electron chi connectivity index (χ3n) is 6.74. The van der Waals surface area contributed by atoms with Crippen molar-refractivity contribution in [3.05, 3.63) is 88.9 Å². The fraction of sp³-hybridized carbons (Fsp3) is 0.323. The predicted molar refractivity (Wildman–Crippen MR) is 149 cm³/mol. The first kappa shape index (κ1) is 27.7. The lowest BCUT2D eigenvalue weighted by atomic mass is 9.79. The molecule has 0 fully saturated rings. The van der Waals surface area contributed by atoms with Gasteiger partial charge in [0.1, 0.15) is 5.75 Å². The summed E-state index contributed by atoms with van der Waals surface area (Å²) in [6, 6.07) is 17.4. The highest BCUT2D eigenvalue weighted by molar-refractivity contribution is 6.00. The number of para-hydroxylation sites is 1. The second kappa shape index (κ2) is 12.0. The first-order valence-electron chi connectivity index (χ1n) is 13.0. The molecular formula is C31H35N3O5. The number of hydrogen-bond acceptors (Lipinski definition) is 7. The molecule has 8 heteroatoms. The predicted octanol–water partition coefficient (Wildman–Crippen LogP) is 5.55. The summed E-state index contributed by atoms with van der Waals surface area (Å²) >= 11 is 0. The minimum atomic E-state index is -0.763. The molecule has 2 aromatic carbocycles. The van der Waals surface area contributed by atoms with Crippen LogP contribution in [0, 0.1) is 5.92 Å². The molecule has 4 rings (SSSR count). The second-order valence-electron chi connectivity index (χ2n) is 9.89. The molecule has 3 aromatic rings. The van der Waals surface area contributed by atoms with Crippen LogP contribution in [-0.2, 0) is 19.1 Å². The lowest BCUT2D eigenvalue weighted by Gasteiger charge is -2.29. The number of ether oxygens (including phenoxy) is 3. The Hall–Kier alpha value is -4.33. The maximum Gasteiger partial charge on any atom is 0.336 e. The molecular weight excluding hydrogens is 494 g/mol. The van der Waals surface area contributed by atoms with Crippen molar-refractivity contribution in [3.63, 3.8) is 0 Å².